The lowest BCUT2D eigenvalue weighted by molar-refractivity contribution is 0.870. The van der Waals surface area contributed by atoms with Gasteiger partial charge < -0.3 is 10.6 Å². The van der Waals surface area contributed by atoms with E-state index in [0.29, 0.717) is 5.95 Å². The van der Waals surface area contributed by atoms with Crippen LogP contribution < -0.4 is 16.2 Å². The highest BCUT2D eigenvalue weighted by atomic mass is 16.1. The number of hydrogen-bond donors (Lipinski definition) is 3. The quantitative estimate of drug-likeness (QED) is 0.636. The van der Waals surface area contributed by atoms with Crippen molar-refractivity contribution in [1.82, 2.24) is 9.97 Å². The van der Waals surface area contributed by atoms with Gasteiger partial charge in [0.1, 0.15) is 0 Å². The summed E-state index contributed by atoms with van der Waals surface area (Å²) < 4.78 is 0. The van der Waals surface area contributed by atoms with E-state index in [0.717, 1.165) is 35.6 Å². The number of benzene rings is 2. The van der Waals surface area contributed by atoms with E-state index in [1.165, 1.54) is 0 Å². The number of hydrogen-bond acceptors (Lipinski definition) is 4. The smallest absolute Gasteiger partial charge is 0.252 e. The second-order valence-corrected chi connectivity index (χ2v) is 5.53. The molecular formula is C19H20N4O. The summed E-state index contributed by atoms with van der Waals surface area (Å²) in [5.41, 5.74) is 3.55. The van der Waals surface area contributed by atoms with Crippen LogP contribution in [0.4, 0.5) is 23.0 Å². The molecule has 24 heavy (non-hydrogen) atoms. The molecule has 3 aromatic rings. The fourth-order valence-electron chi connectivity index (χ4n) is 2.41. The summed E-state index contributed by atoms with van der Waals surface area (Å²) in [4.78, 5) is 18.8. The molecule has 0 spiro atoms. The highest BCUT2D eigenvalue weighted by molar-refractivity contribution is 5.63. The molecule has 1 aromatic heterocycles. The molecule has 0 aliphatic heterocycles. The Balaban J connectivity index is 1.71. The number of aromatic amines is 1. The van der Waals surface area contributed by atoms with Gasteiger partial charge >= 0.3 is 0 Å². The van der Waals surface area contributed by atoms with Gasteiger partial charge in [0.2, 0.25) is 5.95 Å². The molecule has 1 heterocycles. The molecule has 0 unspecified atom stereocenters. The fraction of sp³-hybridized carbons (Fsp3) is 0.158. The number of aryl methyl sites for hydroxylation is 1. The third-order valence-electron chi connectivity index (χ3n) is 3.51. The van der Waals surface area contributed by atoms with Crippen LogP contribution in [0.1, 0.15) is 19.0 Å². The first-order valence-corrected chi connectivity index (χ1v) is 8.02. The van der Waals surface area contributed by atoms with E-state index in [-0.39, 0.29) is 5.56 Å². The van der Waals surface area contributed by atoms with Crippen LogP contribution in [-0.2, 0) is 6.42 Å². The van der Waals surface area contributed by atoms with E-state index in [9.17, 15) is 4.79 Å². The summed E-state index contributed by atoms with van der Waals surface area (Å²) in [6.45, 7) is 2.06. The maximum absolute atomic E-state index is 11.7. The summed E-state index contributed by atoms with van der Waals surface area (Å²) in [6.07, 6.45) is 1.74. The van der Waals surface area contributed by atoms with E-state index in [2.05, 4.69) is 27.5 Å². The van der Waals surface area contributed by atoms with Crippen molar-refractivity contribution in [2.75, 3.05) is 10.6 Å². The first-order valence-electron chi connectivity index (χ1n) is 8.02. The second kappa shape index (κ2) is 7.46. The van der Waals surface area contributed by atoms with Crippen LogP contribution in [0, 0.1) is 0 Å². The summed E-state index contributed by atoms with van der Waals surface area (Å²) in [6, 6.07) is 19.4. The van der Waals surface area contributed by atoms with Crippen LogP contribution in [0.25, 0.3) is 0 Å². The Morgan fingerprint density at radius 3 is 2.21 bits per heavy atom. The Hall–Kier alpha value is -3.08. The molecule has 0 bridgehead atoms. The van der Waals surface area contributed by atoms with E-state index in [1.54, 1.807) is 6.07 Å². The SMILES string of the molecule is CCCc1cc(=O)[nH]c(Nc2ccc(Nc3ccccc3)cc2)n1. The van der Waals surface area contributed by atoms with Gasteiger partial charge in [-0.1, -0.05) is 31.5 Å². The minimum Gasteiger partial charge on any atom is -0.356 e. The lowest BCUT2D eigenvalue weighted by atomic mass is 10.2. The third kappa shape index (κ3) is 4.23. The zero-order chi connectivity index (χ0) is 16.8. The lowest BCUT2D eigenvalue weighted by Crippen LogP contribution is -2.12. The third-order valence-corrected chi connectivity index (χ3v) is 3.51. The summed E-state index contributed by atoms with van der Waals surface area (Å²) in [7, 11) is 0. The van der Waals surface area contributed by atoms with Gasteiger partial charge in [0.25, 0.3) is 5.56 Å². The van der Waals surface area contributed by atoms with Gasteiger partial charge in [-0.15, -0.1) is 0 Å². The van der Waals surface area contributed by atoms with Crippen molar-refractivity contribution in [3.8, 4) is 0 Å². The number of H-pyrrole nitrogens is 1. The van der Waals surface area contributed by atoms with E-state index in [4.69, 9.17) is 0 Å². The van der Waals surface area contributed by atoms with Crippen molar-refractivity contribution in [1.29, 1.82) is 0 Å². The van der Waals surface area contributed by atoms with Crippen LogP contribution >= 0.6 is 0 Å². The van der Waals surface area contributed by atoms with Crippen LogP contribution in [0.2, 0.25) is 0 Å². The van der Waals surface area contributed by atoms with Crippen molar-refractivity contribution in [3.63, 3.8) is 0 Å². The number of para-hydroxylation sites is 1. The van der Waals surface area contributed by atoms with E-state index >= 15 is 0 Å². The Morgan fingerprint density at radius 2 is 1.54 bits per heavy atom. The largest absolute Gasteiger partial charge is 0.356 e. The van der Waals surface area contributed by atoms with Crippen molar-refractivity contribution in [2.24, 2.45) is 0 Å². The predicted molar refractivity (Wildman–Crippen MR) is 98.3 cm³/mol. The average Bonchev–Trinajstić information content (AvgIpc) is 2.57. The van der Waals surface area contributed by atoms with Gasteiger partial charge in [0.05, 0.1) is 0 Å². The number of aromatic nitrogens is 2. The minimum atomic E-state index is -0.140. The molecule has 0 saturated carbocycles. The van der Waals surface area contributed by atoms with Crippen molar-refractivity contribution < 1.29 is 0 Å². The molecule has 5 heteroatoms. The Labute approximate surface area is 140 Å². The lowest BCUT2D eigenvalue weighted by Gasteiger charge is -2.09. The molecule has 0 amide bonds. The minimum absolute atomic E-state index is 0.140. The van der Waals surface area contributed by atoms with Gasteiger partial charge in [-0.05, 0) is 42.8 Å². The molecule has 2 aromatic carbocycles. The Kier molecular flexibility index (Phi) is 4.91. The van der Waals surface area contributed by atoms with E-state index in [1.807, 2.05) is 54.6 Å². The Morgan fingerprint density at radius 1 is 0.917 bits per heavy atom. The zero-order valence-corrected chi connectivity index (χ0v) is 13.5. The molecule has 0 saturated heterocycles. The number of anilines is 4. The molecule has 0 fully saturated rings. The van der Waals surface area contributed by atoms with Gasteiger partial charge in [0.15, 0.2) is 0 Å². The van der Waals surface area contributed by atoms with Crippen molar-refractivity contribution >= 4 is 23.0 Å². The monoisotopic (exact) mass is 320 g/mol. The van der Waals surface area contributed by atoms with E-state index < -0.39 is 0 Å². The van der Waals surface area contributed by atoms with Crippen LogP contribution in [0.15, 0.2) is 65.5 Å². The number of nitrogens with one attached hydrogen (secondary N) is 3. The molecule has 3 N–H and O–H groups in total. The first-order chi connectivity index (χ1) is 11.7. The predicted octanol–water partition coefficient (Wildman–Crippen LogP) is 4.21. The average molecular weight is 320 g/mol. The highest BCUT2D eigenvalue weighted by Gasteiger charge is 2.02. The van der Waals surface area contributed by atoms with Gasteiger partial charge in [-0.3, -0.25) is 9.78 Å². The molecule has 0 radical (unpaired) electrons. The summed E-state index contributed by atoms with van der Waals surface area (Å²) in [5.74, 6) is 0.467. The fourth-order valence-corrected chi connectivity index (χ4v) is 2.41. The van der Waals surface area contributed by atoms with Crippen LogP contribution in [0.5, 0.6) is 0 Å². The van der Waals surface area contributed by atoms with Crippen LogP contribution in [-0.4, -0.2) is 9.97 Å². The Bertz CT molecular complexity index is 841. The first kappa shape index (κ1) is 15.8. The molecule has 0 aliphatic carbocycles. The highest BCUT2D eigenvalue weighted by Crippen LogP contribution is 2.20. The second-order valence-electron chi connectivity index (χ2n) is 5.53. The van der Waals surface area contributed by atoms with Gasteiger partial charge in [-0.25, -0.2) is 4.98 Å². The molecule has 3 rings (SSSR count). The normalized spacial score (nSPS) is 10.4. The molecular weight excluding hydrogens is 300 g/mol. The topological polar surface area (TPSA) is 69.8 Å². The van der Waals surface area contributed by atoms with Gasteiger partial charge in [-0.2, -0.15) is 0 Å². The van der Waals surface area contributed by atoms with Crippen molar-refractivity contribution in [3.05, 3.63) is 76.7 Å². The summed E-state index contributed by atoms with van der Waals surface area (Å²) >= 11 is 0. The standard InChI is InChI=1S/C19H20N4O/c1-2-6-17-13-18(24)23-19(22-17)21-16-11-9-15(10-12-16)20-14-7-4-3-5-8-14/h3-5,7-13,20H,2,6H2,1H3,(H2,21,22,23,24). The number of rotatable bonds is 6. The van der Waals surface area contributed by atoms with Crippen LogP contribution in [0.3, 0.4) is 0 Å². The zero-order valence-electron chi connectivity index (χ0n) is 13.5. The molecule has 0 atom stereocenters. The maximum Gasteiger partial charge on any atom is 0.252 e. The molecule has 0 aliphatic rings. The molecule has 122 valence electrons. The summed E-state index contributed by atoms with van der Waals surface area (Å²) in [5, 5.41) is 6.47. The van der Waals surface area contributed by atoms with Gasteiger partial charge in [0, 0.05) is 28.8 Å². The maximum atomic E-state index is 11.7. The number of nitrogens with zero attached hydrogens (tertiary/aromatic N) is 1. The van der Waals surface area contributed by atoms with Crippen molar-refractivity contribution in [2.45, 2.75) is 19.8 Å². The molecule has 5 nitrogen and oxygen atoms in total.